The first-order valence-electron chi connectivity index (χ1n) is 10.6. The van der Waals surface area contributed by atoms with Crippen LogP contribution in [0, 0.1) is 11.8 Å². The lowest BCUT2D eigenvalue weighted by molar-refractivity contribution is -0.0284. The Bertz CT molecular complexity index is 413. The van der Waals surface area contributed by atoms with Crippen molar-refractivity contribution < 1.29 is 4.74 Å². The Labute approximate surface area is 183 Å². The van der Waals surface area contributed by atoms with Crippen LogP contribution in [0.4, 0.5) is 0 Å². The van der Waals surface area contributed by atoms with Crippen LogP contribution in [-0.4, -0.2) is 87.9 Å². The first kappa shape index (κ1) is 24.9. The lowest BCUT2D eigenvalue weighted by atomic mass is 9.93. The molecule has 0 aliphatic carbocycles. The molecule has 2 aliphatic rings. The summed E-state index contributed by atoms with van der Waals surface area (Å²) in [5.74, 6) is 2.47. The van der Waals surface area contributed by atoms with Crippen molar-refractivity contribution >= 4 is 29.9 Å². The van der Waals surface area contributed by atoms with Gasteiger partial charge >= 0.3 is 0 Å². The van der Waals surface area contributed by atoms with Crippen LogP contribution in [0.15, 0.2) is 4.99 Å². The summed E-state index contributed by atoms with van der Waals surface area (Å²) < 4.78 is 5.91. The maximum atomic E-state index is 5.91. The number of likely N-dealkylation sites (tertiary alicyclic amines) is 1. The Morgan fingerprint density at radius 3 is 2.52 bits per heavy atom. The Balaban J connectivity index is 0.00000364. The Morgan fingerprint density at radius 2 is 1.89 bits per heavy atom. The first-order chi connectivity index (χ1) is 12.6. The molecule has 0 aromatic carbocycles. The van der Waals surface area contributed by atoms with Crippen molar-refractivity contribution in [2.75, 3.05) is 66.0 Å². The van der Waals surface area contributed by atoms with Crippen molar-refractivity contribution in [2.24, 2.45) is 16.8 Å². The summed E-state index contributed by atoms with van der Waals surface area (Å²) in [5.41, 5.74) is 0. The molecule has 160 valence electrons. The van der Waals surface area contributed by atoms with Gasteiger partial charge in [-0.15, -0.1) is 24.0 Å². The van der Waals surface area contributed by atoms with E-state index in [0.29, 0.717) is 5.92 Å². The summed E-state index contributed by atoms with van der Waals surface area (Å²) in [6.07, 6.45) is 4.16. The third-order valence-corrected chi connectivity index (χ3v) is 5.57. The minimum atomic E-state index is 0. The van der Waals surface area contributed by atoms with Crippen molar-refractivity contribution in [3.05, 3.63) is 0 Å². The molecule has 6 nitrogen and oxygen atoms in total. The predicted octanol–water partition coefficient (Wildman–Crippen LogP) is 2.25. The predicted molar refractivity (Wildman–Crippen MR) is 125 cm³/mol. The van der Waals surface area contributed by atoms with Crippen molar-refractivity contribution in [2.45, 2.75) is 46.1 Å². The lowest BCUT2D eigenvalue weighted by Gasteiger charge is -2.34. The number of guanidine groups is 1. The molecule has 1 atom stereocenters. The van der Waals surface area contributed by atoms with Gasteiger partial charge in [-0.2, -0.15) is 0 Å². The molecule has 0 saturated carbocycles. The van der Waals surface area contributed by atoms with Crippen LogP contribution < -0.4 is 10.6 Å². The molecule has 0 amide bonds. The van der Waals surface area contributed by atoms with Gasteiger partial charge in [0.05, 0.1) is 12.7 Å². The van der Waals surface area contributed by atoms with Crippen molar-refractivity contribution in [3.63, 3.8) is 0 Å². The van der Waals surface area contributed by atoms with E-state index >= 15 is 0 Å². The molecule has 27 heavy (non-hydrogen) atoms. The zero-order valence-electron chi connectivity index (χ0n) is 17.9. The molecule has 0 spiro atoms. The van der Waals surface area contributed by atoms with Crippen LogP contribution >= 0.6 is 24.0 Å². The second kappa shape index (κ2) is 14.0. The van der Waals surface area contributed by atoms with Gasteiger partial charge in [0.15, 0.2) is 5.96 Å². The molecular formula is C20H42IN5O. The first-order valence-corrected chi connectivity index (χ1v) is 10.6. The highest BCUT2D eigenvalue weighted by molar-refractivity contribution is 14.0. The van der Waals surface area contributed by atoms with Crippen LogP contribution in [0.5, 0.6) is 0 Å². The van der Waals surface area contributed by atoms with E-state index in [4.69, 9.17) is 4.74 Å². The van der Waals surface area contributed by atoms with Gasteiger partial charge in [0, 0.05) is 39.8 Å². The monoisotopic (exact) mass is 495 g/mol. The van der Waals surface area contributed by atoms with E-state index in [-0.39, 0.29) is 30.1 Å². The molecule has 2 saturated heterocycles. The third-order valence-electron chi connectivity index (χ3n) is 5.57. The molecule has 0 bridgehead atoms. The number of nitrogens with zero attached hydrogens (tertiary/aromatic N) is 3. The molecule has 0 radical (unpaired) electrons. The van der Waals surface area contributed by atoms with Crippen LogP contribution in [-0.2, 0) is 4.74 Å². The summed E-state index contributed by atoms with van der Waals surface area (Å²) >= 11 is 0. The fourth-order valence-electron chi connectivity index (χ4n) is 4.00. The summed E-state index contributed by atoms with van der Waals surface area (Å²) in [6, 6.07) is 0. The number of piperidine rings is 1. The SMILES string of the molecule is CCN1CCC(CCNC(=NC)NCC2CN(CC(C)C)CCO2)CC1.I. The summed E-state index contributed by atoms with van der Waals surface area (Å²) in [6.45, 7) is 16.4. The molecule has 7 heteroatoms. The fraction of sp³-hybridized carbons (Fsp3) is 0.950. The van der Waals surface area contributed by atoms with Crippen molar-refractivity contribution in [1.29, 1.82) is 0 Å². The number of aliphatic imine (C=N–C) groups is 1. The van der Waals surface area contributed by atoms with Gasteiger partial charge in [0.25, 0.3) is 0 Å². The van der Waals surface area contributed by atoms with Gasteiger partial charge in [-0.3, -0.25) is 9.89 Å². The maximum Gasteiger partial charge on any atom is 0.191 e. The molecular weight excluding hydrogens is 453 g/mol. The van der Waals surface area contributed by atoms with Crippen molar-refractivity contribution in [3.8, 4) is 0 Å². The van der Waals surface area contributed by atoms with E-state index in [1.807, 2.05) is 7.05 Å². The molecule has 0 aromatic rings. The number of hydrogen-bond donors (Lipinski definition) is 2. The van der Waals surface area contributed by atoms with E-state index < -0.39 is 0 Å². The number of morpholine rings is 1. The summed E-state index contributed by atoms with van der Waals surface area (Å²) in [5, 5.41) is 6.93. The molecule has 2 rings (SSSR count). The quantitative estimate of drug-likeness (QED) is 0.308. The van der Waals surface area contributed by atoms with Crippen LogP contribution in [0.25, 0.3) is 0 Å². The van der Waals surface area contributed by atoms with Crippen LogP contribution in [0.3, 0.4) is 0 Å². The average Bonchev–Trinajstić information content (AvgIpc) is 2.65. The molecule has 2 N–H and O–H groups in total. The number of hydrogen-bond acceptors (Lipinski definition) is 4. The largest absolute Gasteiger partial charge is 0.374 e. The minimum absolute atomic E-state index is 0. The van der Waals surface area contributed by atoms with Gasteiger partial charge in [0.1, 0.15) is 0 Å². The van der Waals surface area contributed by atoms with Gasteiger partial charge in [0.2, 0.25) is 0 Å². The average molecular weight is 495 g/mol. The van der Waals surface area contributed by atoms with E-state index in [1.165, 1.54) is 38.9 Å². The highest BCUT2D eigenvalue weighted by Crippen LogP contribution is 2.19. The number of rotatable bonds is 8. The molecule has 2 aliphatic heterocycles. The number of ether oxygens (including phenoxy) is 1. The normalized spacial score (nSPS) is 23.3. The lowest BCUT2D eigenvalue weighted by Crippen LogP contribution is -2.50. The zero-order chi connectivity index (χ0) is 18.8. The fourth-order valence-corrected chi connectivity index (χ4v) is 4.00. The Morgan fingerprint density at radius 1 is 1.15 bits per heavy atom. The number of halogens is 1. The zero-order valence-corrected chi connectivity index (χ0v) is 20.2. The standard InChI is InChI=1S/C20H41N5O.HI/c1-5-24-10-7-18(8-11-24)6-9-22-20(21-4)23-14-19-16-25(12-13-26-19)15-17(2)3;/h17-19H,5-16H2,1-4H3,(H2,21,22,23);1H. The minimum Gasteiger partial charge on any atom is -0.374 e. The second-order valence-corrected chi connectivity index (χ2v) is 8.19. The molecule has 1 unspecified atom stereocenters. The van der Waals surface area contributed by atoms with Gasteiger partial charge in [-0.05, 0) is 50.7 Å². The Kier molecular flexibility index (Phi) is 12.9. The van der Waals surface area contributed by atoms with Gasteiger partial charge in [-0.1, -0.05) is 20.8 Å². The van der Waals surface area contributed by atoms with Crippen molar-refractivity contribution in [1.82, 2.24) is 20.4 Å². The van der Waals surface area contributed by atoms with E-state index in [0.717, 1.165) is 51.2 Å². The molecule has 2 fully saturated rings. The molecule has 0 aromatic heterocycles. The summed E-state index contributed by atoms with van der Waals surface area (Å²) in [4.78, 5) is 9.43. The maximum absolute atomic E-state index is 5.91. The van der Waals surface area contributed by atoms with E-state index in [2.05, 4.69) is 46.2 Å². The van der Waals surface area contributed by atoms with E-state index in [1.54, 1.807) is 0 Å². The van der Waals surface area contributed by atoms with Crippen LogP contribution in [0.2, 0.25) is 0 Å². The van der Waals surface area contributed by atoms with E-state index in [9.17, 15) is 0 Å². The van der Waals surface area contributed by atoms with Gasteiger partial charge in [-0.25, -0.2) is 0 Å². The topological polar surface area (TPSA) is 52.1 Å². The summed E-state index contributed by atoms with van der Waals surface area (Å²) in [7, 11) is 1.85. The highest BCUT2D eigenvalue weighted by atomic mass is 127. The van der Waals surface area contributed by atoms with Crippen LogP contribution in [0.1, 0.15) is 40.0 Å². The molecule has 2 heterocycles. The number of nitrogens with one attached hydrogen (secondary N) is 2. The van der Waals surface area contributed by atoms with Gasteiger partial charge < -0.3 is 20.3 Å². The Hall–Kier alpha value is -0.120. The third kappa shape index (κ3) is 9.76. The highest BCUT2D eigenvalue weighted by Gasteiger charge is 2.21. The smallest absolute Gasteiger partial charge is 0.191 e. The second-order valence-electron chi connectivity index (χ2n) is 8.19.